The number of hydrogen-bond donors (Lipinski definition) is 0. The molecule has 9 heteroatoms. The van der Waals surface area contributed by atoms with Crippen molar-refractivity contribution in [3.8, 4) is 11.5 Å². The van der Waals surface area contributed by atoms with Gasteiger partial charge in [0.2, 0.25) is 0 Å². The topological polar surface area (TPSA) is 140 Å². The van der Waals surface area contributed by atoms with Crippen LogP contribution in [0.1, 0.15) is 199 Å². The molecule has 2 aromatic rings. The van der Waals surface area contributed by atoms with Crippen molar-refractivity contribution in [2.75, 3.05) is 0 Å². The van der Waals surface area contributed by atoms with Crippen LogP contribution in [0.3, 0.4) is 0 Å². The van der Waals surface area contributed by atoms with Gasteiger partial charge in [-0.15, -0.1) is 18.3 Å². The second-order valence-electron chi connectivity index (χ2n) is 19.0. The van der Waals surface area contributed by atoms with Gasteiger partial charge in [-0.1, -0.05) is 188 Å². The van der Waals surface area contributed by atoms with Gasteiger partial charge in [-0.25, -0.2) is 0 Å². The molecule has 2 aromatic carbocycles. The van der Waals surface area contributed by atoms with E-state index in [1.807, 2.05) is 12.1 Å². The van der Waals surface area contributed by atoms with Gasteiger partial charge in [0.25, 0.3) is 0 Å². The van der Waals surface area contributed by atoms with Crippen molar-refractivity contribution >= 4 is 32.2 Å². The molecule has 2 atom stereocenters. The Morgan fingerprint density at radius 1 is 0.518 bits per heavy atom. The van der Waals surface area contributed by atoms with E-state index in [0.29, 0.717) is 11.1 Å². The summed E-state index contributed by atoms with van der Waals surface area (Å²) in [6.45, 7) is 35.3. The Morgan fingerprint density at radius 2 is 0.750 bits per heavy atom. The molecule has 0 aromatic heterocycles. The smallest absolute Gasteiger partial charge is 0.872 e. The van der Waals surface area contributed by atoms with Gasteiger partial charge in [-0.05, 0) is 67.9 Å². The Kier molecular flexibility index (Phi) is 31.2. The number of aliphatic imine (C=N–C) groups is 2. The molecular weight excluding hydrogens is 790 g/mol. The molecule has 0 heterocycles. The minimum Gasteiger partial charge on any atom is -0.872 e. The summed E-state index contributed by atoms with van der Waals surface area (Å²) in [6.07, 6.45) is 6.38. The van der Waals surface area contributed by atoms with E-state index in [1.54, 1.807) is 54.0 Å². The van der Waals surface area contributed by atoms with E-state index in [9.17, 15) is 25.5 Å². The minimum absolute atomic E-state index is 0. The molecule has 0 bridgehead atoms. The minimum atomic E-state index is -0.417. The predicted octanol–water partition coefficient (Wildman–Crippen LogP) is 8.03. The summed E-state index contributed by atoms with van der Waals surface area (Å²) < 4.78 is 0. The number of rotatable bonds is 4. The second kappa shape index (κ2) is 27.4. The maximum absolute atomic E-state index is 13.5. The third kappa shape index (κ3) is 24.5. The van der Waals surface area contributed by atoms with Gasteiger partial charge in [-0.2, -0.15) is 0 Å². The van der Waals surface area contributed by atoms with Gasteiger partial charge < -0.3 is 25.5 Å². The number of benzene rings is 2. The molecule has 1 fully saturated rings. The first-order valence-electron chi connectivity index (χ1n) is 19.1. The van der Waals surface area contributed by atoms with Gasteiger partial charge in [0.15, 0.2) is 0 Å². The normalized spacial score (nSPS) is 15.9. The van der Waals surface area contributed by atoms with Crippen molar-refractivity contribution in [2.24, 2.45) is 9.98 Å². The maximum atomic E-state index is 13.5. The van der Waals surface area contributed by atoms with Gasteiger partial charge in [0, 0.05) is 32.2 Å². The van der Waals surface area contributed by atoms with Crippen molar-refractivity contribution in [2.45, 2.75) is 217 Å². The summed E-state index contributed by atoms with van der Waals surface area (Å²) in [5.41, 5.74) is 4.62. The van der Waals surface area contributed by atoms with Crippen LogP contribution >= 0.6 is 0 Å². The molecule has 317 valence electrons. The largest absolute Gasteiger partial charge is 4.00 e. The van der Waals surface area contributed by atoms with E-state index >= 15 is 0 Å². The molecule has 0 aliphatic heterocycles. The van der Waals surface area contributed by atoms with Crippen LogP contribution in [0.25, 0.3) is 0 Å². The average Bonchev–Trinajstić information content (AvgIpc) is 2.93. The Bertz CT molecular complexity index is 1300. The number of hydrogen-bond acceptors (Lipinski definition) is 7. The molecule has 0 amide bonds. The van der Waals surface area contributed by atoms with Crippen LogP contribution in [-0.4, -0.2) is 62.6 Å². The third-order valence-corrected chi connectivity index (χ3v) is 8.09. The molecule has 56 heavy (non-hydrogen) atoms. The maximum Gasteiger partial charge on any atom is 4.00 e. The summed E-state index contributed by atoms with van der Waals surface area (Å²) >= 11 is 0. The van der Waals surface area contributed by atoms with E-state index in [4.69, 9.17) is 9.98 Å². The van der Waals surface area contributed by atoms with Crippen LogP contribution in [0.4, 0.5) is 0 Å². The van der Waals surface area contributed by atoms with Crippen molar-refractivity contribution in [3.05, 3.63) is 57.6 Å². The summed E-state index contributed by atoms with van der Waals surface area (Å²) in [7, 11) is 0. The fraction of sp³-hybridized carbons (Fsp3) is 0.702. The van der Waals surface area contributed by atoms with Gasteiger partial charge in [-0.3, -0.25) is 9.98 Å². The quantitative estimate of drug-likeness (QED) is 0.226. The van der Waals surface area contributed by atoms with Crippen LogP contribution < -0.4 is 25.5 Å². The Balaban J connectivity index is -0.000000476. The third-order valence-electron chi connectivity index (χ3n) is 8.09. The zero-order valence-corrected chi connectivity index (χ0v) is 41.2. The van der Waals surface area contributed by atoms with Crippen molar-refractivity contribution in [1.82, 2.24) is 0 Å². The van der Waals surface area contributed by atoms with E-state index in [1.165, 1.54) is 0 Å². The molecule has 0 N–H and O–H groups in total. The van der Waals surface area contributed by atoms with Gasteiger partial charge in [0.05, 0.1) is 12.1 Å². The average molecular weight is 872 g/mol. The van der Waals surface area contributed by atoms with Crippen LogP contribution in [0.5, 0.6) is 11.5 Å². The van der Waals surface area contributed by atoms with Crippen LogP contribution in [0, 0.1) is 0 Å². The SMILES string of the molecule is C.C.CC(C)(C)c1cc(C=N[C@@H]2CCCC[C@H]2N=Cc2cc(C(C)(C)C)cc(C(C)(C)C)c2[O-])c([O-])c(C(C)(C)C)c1.CC(C)[O-].CC(C)[O-].CC(C)[O-].[Ga].[Ti+4]. The van der Waals surface area contributed by atoms with Gasteiger partial charge in [0.1, 0.15) is 0 Å². The first kappa shape index (κ1) is 63.8. The molecule has 1 aliphatic rings. The molecule has 0 saturated heterocycles. The monoisotopic (exact) mass is 870 g/mol. The predicted molar refractivity (Wildman–Crippen MR) is 232 cm³/mol. The Hall–Kier alpha value is -1.39. The zero-order chi connectivity index (χ0) is 41.0. The van der Waals surface area contributed by atoms with Crippen molar-refractivity contribution in [1.29, 1.82) is 0 Å². The van der Waals surface area contributed by atoms with E-state index in [0.717, 1.165) is 47.9 Å². The Labute approximate surface area is 373 Å². The molecule has 0 unspecified atom stereocenters. The fourth-order valence-electron chi connectivity index (χ4n) is 5.27. The number of nitrogens with zero attached hydrogens (tertiary/aromatic N) is 2. The molecule has 1 saturated carbocycles. The second-order valence-corrected chi connectivity index (χ2v) is 19.0. The van der Waals surface area contributed by atoms with Crippen LogP contribution in [0.2, 0.25) is 0 Å². The first-order valence-corrected chi connectivity index (χ1v) is 19.1. The van der Waals surface area contributed by atoms with E-state index in [-0.39, 0.29) is 102 Å². The first-order chi connectivity index (χ1) is 23.4. The molecule has 3 radical (unpaired) electrons. The van der Waals surface area contributed by atoms with E-state index in [2.05, 4.69) is 95.2 Å². The zero-order valence-electron chi connectivity index (χ0n) is 37.2. The summed E-state index contributed by atoms with van der Waals surface area (Å²) in [5, 5.41) is 55.5. The fourth-order valence-corrected chi connectivity index (χ4v) is 5.27. The molecule has 0 spiro atoms. The molecular formula is C47H81GaN2O5Ti-. The van der Waals surface area contributed by atoms with Gasteiger partial charge >= 0.3 is 21.7 Å². The molecule has 3 rings (SSSR count). The summed E-state index contributed by atoms with van der Waals surface area (Å²) in [5.74, 6) is 0.120. The van der Waals surface area contributed by atoms with Crippen molar-refractivity contribution < 1.29 is 47.3 Å². The van der Waals surface area contributed by atoms with Crippen LogP contribution in [0.15, 0.2) is 34.3 Å². The molecule has 7 nitrogen and oxygen atoms in total. The Morgan fingerprint density at radius 3 is 0.946 bits per heavy atom. The standard InChI is InChI=1S/C36H54N2O2.3C3H7O.2CH4.Ga.Ti/c1-33(2,3)25-17-23(31(39)27(19-25)35(7,8)9)21-37-29-15-13-14-16-30(29)38-22-24-18-26(34(4,5)6)20-28(32(24)40)36(10,11)12;3*1-3(2)4;;;;/h17-22,29-30,39-40H,13-16H2,1-12H3;3*3H,1-2H3;2*1H4;;/q;3*-1;;;;+4/p-2/t29-,30-;;;;;;;/m1......./s1. The molecule has 1 aliphatic carbocycles. The van der Waals surface area contributed by atoms with Crippen LogP contribution in [-0.2, 0) is 43.4 Å². The van der Waals surface area contributed by atoms with Crippen molar-refractivity contribution in [3.63, 3.8) is 0 Å². The summed E-state index contributed by atoms with van der Waals surface area (Å²) in [6, 6.07) is 8.15. The summed E-state index contributed by atoms with van der Waals surface area (Å²) in [4.78, 5) is 9.95. The van der Waals surface area contributed by atoms with E-state index < -0.39 is 18.3 Å².